The van der Waals surface area contributed by atoms with Gasteiger partial charge in [0.05, 0.1) is 6.54 Å². The van der Waals surface area contributed by atoms with Crippen molar-refractivity contribution in [2.75, 3.05) is 6.54 Å². The fourth-order valence-electron chi connectivity index (χ4n) is 2.10. The molecule has 7 nitrogen and oxygen atoms in total. The lowest BCUT2D eigenvalue weighted by atomic mass is 10.2. The molecule has 0 aliphatic heterocycles. The Kier molecular flexibility index (Phi) is 4.72. The quantitative estimate of drug-likeness (QED) is 0.761. The number of nitrogens with zero attached hydrogens (tertiary/aromatic N) is 4. The zero-order chi connectivity index (χ0) is 16.9. The number of hydrogen-bond donors (Lipinski definition) is 1. The van der Waals surface area contributed by atoms with Gasteiger partial charge < -0.3 is 5.32 Å². The van der Waals surface area contributed by atoms with E-state index in [2.05, 4.69) is 15.5 Å². The summed E-state index contributed by atoms with van der Waals surface area (Å²) in [6.45, 7) is 0.532. The number of halogens is 1. The molecule has 2 heterocycles. The summed E-state index contributed by atoms with van der Waals surface area (Å²) in [5.41, 5.74) is 0.261. The zero-order valence-electron chi connectivity index (χ0n) is 12.6. The molecule has 1 amide bonds. The molecule has 24 heavy (non-hydrogen) atoms. The minimum Gasteiger partial charge on any atom is -0.350 e. The zero-order valence-corrected chi connectivity index (χ0v) is 13.3. The van der Waals surface area contributed by atoms with Gasteiger partial charge in [0.2, 0.25) is 0 Å². The van der Waals surface area contributed by atoms with E-state index in [0.717, 1.165) is 0 Å². The van der Waals surface area contributed by atoms with Crippen LogP contribution in [0.15, 0.2) is 59.7 Å². The molecular formula is C16H14ClN5O2. The molecule has 0 spiro atoms. The van der Waals surface area contributed by atoms with Crippen LogP contribution in [0.5, 0.6) is 0 Å². The maximum Gasteiger partial charge on any atom is 0.266 e. The van der Waals surface area contributed by atoms with E-state index < -0.39 is 0 Å². The van der Waals surface area contributed by atoms with Crippen molar-refractivity contribution in [3.63, 3.8) is 0 Å². The summed E-state index contributed by atoms with van der Waals surface area (Å²) < 4.78 is 2.85. The Balaban J connectivity index is 1.64. The molecule has 2 aromatic heterocycles. The molecule has 3 rings (SSSR count). The van der Waals surface area contributed by atoms with Crippen LogP contribution >= 0.6 is 11.6 Å². The number of amides is 1. The van der Waals surface area contributed by atoms with Crippen LogP contribution in [0.25, 0.3) is 5.82 Å². The summed E-state index contributed by atoms with van der Waals surface area (Å²) in [4.78, 5) is 23.9. The first-order valence-corrected chi connectivity index (χ1v) is 7.63. The molecule has 0 saturated heterocycles. The molecule has 0 bridgehead atoms. The van der Waals surface area contributed by atoms with Crippen LogP contribution in [-0.2, 0) is 6.54 Å². The van der Waals surface area contributed by atoms with Crippen molar-refractivity contribution in [3.8, 4) is 5.82 Å². The van der Waals surface area contributed by atoms with Gasteiger partial charge >= 0.3 is 0 Å². The van der Waals surface area contributed by atoms with Crippen molar-refractivity contribution in [2.24, 2.45) is 0 Å². The molecule has 3 aromatic rings. The first-order chi connectivity index (χ1) is 11.6. The molecule has 0 atom stereocenters. The van der Waals surface area contributed by atoms with E-state index in [1.165, 1.54) is 10.7 Å². The first-order valence-electron chi connectivity index (χ1n) is 7.25. The first kappa shape index (κ1) is 15.9. The van der Waals surface area contributed by atoms with Gasteiger partial charge in [-0.3, -0.25) is 9.59 Å². The lowest BCUT2D eigenvalue weighted by Gasteiger charge is -2.08. The maximum atomic E-state index is 12.0. The summed E-state index contributed by atoms with van der Waals surface area (Å²) in [6.07, 6.45) is 3.36. The van der Waals surface area contributed by atoms with Crippen molar-refractivity contribution in [2.45, 2.75) is 6.54 Å². The lowest BCUT2D eigenvalue weighted by molar-refractivity contribution is 0.0951. The number of nitrogens with one attached hydrogen (secondary N) is 1. The lowest BCUT2D eigenvalue weighted by Crippen LogP contribution is -2.32. The number of carbonyl (C=O) groups excluding carboxylic acids is 1. The van der Waals surface area contributed by atoms with Gasteiger partial charge in [0.25, 0.3) is 11.5 Å². The summed E-state index contributed by atoms with van der Waals surface area (Å²) >= 11 is 5.79. The van der Waals surface area contributed by atoms with Gasteiger partial charge in [-0.15, -0.1) is 5.10 Å². The smallest absolute Gasteiger partial charge is 0.266 e. The van der Waals surface area contributed by atoms with Gasteiger partial charge in [0.1, 0.15) is 0 Å². The molecule has 1 aromatic carbocycles. The molecule has 1 N–H and O–H groups in total. The number of rotatable bonds is 5. The van der Waals surface area contributed by atoms with E-state index in [-0.39, 0.29) is 24.6 Å². The normalized spacial score (nSPS) is 10.5. The summed E-state index contributed by atoms with van der Waals surface area (Å²) in [6, 6.07) is 11.4. The van der Waals surface area contributed by atoms with Crippen molar-refractivity contribution < 1.29 is 4.79 Å². The Bertz CT molecular complexity index is 888. The topological polar surface area (TPSA) is 81.8 Å². The highest BCUT2D eigenvalue weighted by Crippen LogP contribution is 2.09. The van der Waals surface area contributed by atoms with Gasteiger partial charge in [0, 0.05) is 35.6 Å². The Morgan fingerprint density at radius 3 is 2.67 bits per heavy atom. The second-order valence-corrected chi connectivity index (χ2v) is 5.40. The number of hydrogen-bond acceptors (Lipinski definition) is 4. The number of carbonyl (C=O) groups is 1. The minimum absolute atomic E-state index is 0.233. The number of aromatic nitrogens is 4. The highest BCUT2D eigenvalue weighted by atomic mass is 35.5. The van der Waals surface area contributed by atoms with Crippen LogP contribution in [-0.4, -0.2) is 32.0 Å². The molecule has 0 aliphatic carbocycles. The van der Waals surface area contributed by atoms with E-state index >= 15 is 0 Å². The van der Waals surface area contributed by atoms with E-state index in [4.69, 9.17) is 11.6 Å². The van der Waals surface area contributed by atoms with E-state index in [1.807, 2.05) is 0 Å². The molecule has 0 radical (unpaired) electrons. The Morgan fingerprint density at radius 1 is 1.17 bits per heavy atom. The fraction of sp³-hybridized carbons (Fsp3) is 0.125. The van der Waals surface area contributed by atoms with Crippen LogP contribution in [0.2, 0.25) is 5.02 Å². The van der Waals surface area contributed by atoms with Gasteiger partial charge in [-0.1, -0.05) is 11.6 Å². The SMILES string of the molecule is O=C(NCCn1nc(-n2cccn2)ccc1=O)c1ccc(Cl)cc1. The summed E-state index contributed by atoms with van der Waals surface area (Å²) in [5, 5.41) is 11.6. The molecule has 0 saturated carbocycles. The van der Waals surface area contributed by atoms with Crippen molar-refractivity contribution >= 4 is 17.5 Å². The van der Waals surface area contributed by atoms with E-state index in [9.17, 15) is 9.59 Å². The second kappa shape index (κ2) is 7.10. The fourth-order valence-corrected chi connectivity index (χ4v) is 2.23. The van der Waals surface area contributed by atoms with Crippen LogP contribution < -0.4 is 10.9 Å². The minimum atomic E-state index is -0.244. The largest absolute Gasteiger partial charge is 0.350 e. The van der Waals surface area contributed by atoms with Crippen molar-refractivity contribution in [1.82, 2.24) is 24.9 Å². The van der Waals surface area contributed by atoms with Gasteiger partial charge in [-0.25, -0.2) is 9.36 Å². The third-order valence-corrected chi connectivity index (χ3v) is 3.56. The summed E-state index contributed by atoms with van der Waals surface area (Å²) in [5.74, 6) is 0.298. The molecule has 8 heteroatoms. The van der Waals surface area contributed by atoms with Crippen molar-refractivity contribution in [1.29, 1.82) is 0 Å². The highest BCUT2D eigenvalue weighted by Gasteiger charge is 2.06. The van der Waals surface area contributed by atoms with Gasteiger partial charge in [0.15, 0.2) is 5.82 Å². The molecular weight excluding hydrogens is 330 g/mol. The van der Waals surface area contributed by atoms with Gasteiger partial charge in [-0.05, 0) is 36.4 Å². The molecule has 122 valence electrons. The number of benzene rings is 1. The van der Waals surface area contributed by atoms with Crippen LogP contribution in [0.1, 0.15) is 10.4 Å². The standard InChI is InChI=1S/C16H14ClN5O2/c17-13-4-2-12(3-5-13)16(24)18-9-11-22-15(23)7-6-14(20-22)21-10-1-8-19-21/h1-8,10H,9,11H2,(H,18,24). The van der Waals surface area contributed by atoms with Crippen LogP contribution in [0, 0.1) is 0 Å². The maximum absolute atomic E-state index is 12.0. The van der Waals surface area contributed by atoms with E-state index in [0.29, 0.717) is 16.4 Å². The Labute approximate surface area is 142 Å². The third kappa shape index (κ3) is 3.69. The molecule has 0 unspecified atom stereocenters. The van der Waals surface area contributed by atoms with Crippen LogP contribution in [0.4, 0.5) is 0 Å². The van der Waals surface area contributed by atoms with Crippen LogP contribution in [0.3, 0.4) is 0 Å². The predicted octanol–water partition coefficient (Wildman–Crippen LogP) is 1.51. The predicted molar refractivity (Wildman–Crippen MR) is 89.4 cm³/mol. The van der Waals surface area contributed by atoms with Gasteiger partial charge in [-0.2, -0.15) is 5.10 Å². The highest BCUT2D eigenvalue weighted by molar-refractivity contribution is 6.30. The average molecular weight is 344 g/mol. The summed E-state index contributed by atoms with van der Waals surface area (Å²) in [7, 11) is 0. The third-order valence-electron chi connectivity index (χ3n) is 3.31. The monoisotopic (exact) mass is 343 g/mol. The average Bonchev–Trinajstić information content (AvgIpc) is 3.11. The Hall–Kier alpha value is -2.93. The Morgan fingerprint density at radius 2 is 1.96 bits per heavy atom. The molecule has 0 aliphatic rings. The van der Waals surface area contributed by atoms with Crippen molar-refractivity contribution in [3.05, 3.63) is 75.8 Å². The second-order valence-electron chi connectivity index (χ2n) is 4.97. The van der Waals surface area contributed by atoms with E-state index in [1.54, 1.807) is 53.5 Å². The molecule has 0 fully saturated rings.